The summed E-state index contributed by atoms with van der Waals surface area (Å²) < 4.78 is 0. The van der Waals surface area contributed by atoms with E-state index in [1.807, 2.05) is 25.1 Å². The number of aliphatic hydroxyl groups excluding tert-OH is 1. The van der Waals surface area contributed by atoms with E-state index < -0.39 is 0 Å². The molecule has 0 aliphatic heterocycles. The van der Waals surface area contributed by atoms with Crippen molar-refractivity contribution in [2.24, 2.45) is 5.73 Å². The molecule has 3 N–H and O–H groups in total. The fourth-order valence-corrected chi connectivity index (χ4v) is 1.53. The topological polar surface area (TPSA) is 46.2 Å². The first-order valence-corrected chi connectivity index (χ1v) is 5.22. The first-order chi connectivity index (χ1) is 6.77. The third-order valence-corrected chi connectivity index (χ3v) is 2.56. The predicted molar refractivity (Wildman–Crippen MR) is 59.0 cm³/mol. The molecule has 14 heavy (non-hydrogen) atoms. The first kappa shape index (κ1) is 11.2. The van der Waals surface area contributed by atoms with Crippen molar-refractivity contribution in [3.05, 3.63) is 35.4 Å². The van der Waals surface area contributed by atoms with Gasteiger partial charge in [0.05, 0.1) is 6.10 Å². The minimum Gasteiger partial charge on any atom is -0.393 e. The molecule has 0 amide bonds. The summed E-state index contributed by atoms with van der Waals surface area (Å²) in [6, 6.07) is 8.16. The third-order valence-electron chi connectivity index (χ3n) is 2.56. The molecular formula is C12H19NO. The summed E-state index contributed by atoms with van der Waals surface area (Å²) in [5.74, 6) is 0. The van der Waals surface area contributed by atoms with Crippen molar-refractivity contribution < 1.29 is 5.11 Å². The SMILES string of the molecule is CCC(O)CCc1ccccc1CN. The van der Waals surface area contributed by atoms with Gasteiger partial charge in [-0.2, -0.15) is 0 Å². The first-order valence-electron chi connectivity index (χ1n) is 5.22. The lowest BCUT2D eigenvalue weighted by Gasteiger charge is -2.10. The molecule has 0 spiro atoms. The van der Waals surface area contributed by atoms with Crippen LogP contribution in [0.25, 0.3) is 0 Å². The van der Waals surface area contributed by atoms with Crippen molar-refractivity contribution in [1.82, 2.24) is 0 Å². The standard InChI is InChI=1S/C12H19NO/c1-2-12(14)8-7-10-5-3-4-6-11(10)9-13/h3-6,12,14H,2,7-9,13H2,1H3. The quantitative estimate of drug-likeness (QED) is 0.749. The van der Waals surface area contributed by atoms with Crippen molar-refractivity contribution in [1.29, 1.82) is 0 Å². The summed E-state index contributed by atoms with van der Waals surface area (Å²) in [4.78, 5) is 0. The Balaban J connectivity index is 2.57. The van der Waals surface area contributed by atoms with Crippen molar-refractivity contribution in [3.8, 4) is 0 Å². The van der Waals surface area contributed by atoms with E-state index in [4.69, 9.17) is 5.73 Å². The molecule has 2 heteroatoms. The number of nitrogens with two attached hydrogens (primary N) is 1. The molecular weight excluding hydrogens is 174 g/mol. The van der Waals surface area contributed by atoms with E-state index in [1.54, 1.807) is 0 Å². The molecule has 0 aromatic heterocycles. The van der Waals surface area contributed by atoms with Crippen LogP contribution in [0.4, 0.5) is 0 Å². The monoisotopic (exact) mass is 193 g/mol. The van der Waals surface area contributed by atoms with Crippen molar-refractivity contribution in [2.45, 2.75) is 38.8 Å². The van der Waals surface area contributed by atoms with Gasteiger partial charge in [0.15, 0.2) is 0 Å². The highest BCUT2D eigenvalue weighted by Gasteiger charge is 2.04. The molecule has 0 bridgehead atoms. The second-order valence-electron chi connectivity index (χ2n) is 3.57. The largest absolute Gasteiger partial charge is 0.393 e. The minimum absolute atomic E-state index is 0.180. The lowest BCUT2D eigenvalue weighted by Crippen LogP contribution is -2.08. The Morgan fingerprint density at radius 3 is 2.50 bits per heavy atom. The molecule has 2 nitrogen and oxygen atoms in total. The number of benzene rings is 1. The van der Waals surface area contributed by atoms with Gasteiger partial charge in [-0.15, -0.1) is 0 Å². The molecule has 1 unspecified atom stereocenters. The molecule has 0 heterocycles. The highest BCUT2D eigenvalue weighted by atomic mass is 16.3. The van der Waals surface area contributed by atoms with E-state index in [0.717, 1.165) is 19.3 Å². The normalized spacial score (nSPS) is 12.8. The Labute approximate surface area is 85.8 Å². The van der Waals surface area contributed by atoms with Crippen LogP contribution in [0, 0.1) is 0 Å². The highest BCUT2D eigenvalue weighted by molar-refractivity contribution is 5.26. The fourth-order valence-electron chi connectivity index (χ4n) is 1.53. The Hall–Kier alpha value is -0.860. The average molecular weight is 193 g/mol. The summed E-state index contributed by atoms with van der Waals surface area (Å²) in [7, 11) is 0. The number of hydrogen-bond acceptors (Lipinski definition) is 2. The molecule has 1 aromatic rings. The Morgan fingerprint density at radius 1 is 1.29 bits per heavy atom. The fraction of sp³-hybridized carbons (Fsp3) is 0.500. The molecule has 1 rings (SSSR count). The molecule has 0 saturated carbocycles. The molecule has 0 radical (unpaired) electrons. The van der Waals surface area contributed by atoms with Gasteiger partial charge in [0.25, 0.3) is 0 Å². The van der Waals surface area contributed by atoms with E-state index in [1.165, 1.54) is 11.1 Å². The molecule has 1 atom stereocenters. The summed E-state index contributed by atoms with van der Waals surface area (Å²) in [6.07, 6.45) is 2.39. The van der Waals surface area contributed by atoms with Gasteiger partial charge in [-0.05, 0) is 30.4 Å². The van der Waals surface area contributed by atoms with Gasteiger partial charge in [0.1, 0.15) is 0 Å². The zero-order valence-electron chi connectivity index (χ0n) is 8.74. The second-order valence-corrected chi connectivity index (χ2v) is 3.57. The number of hydrogen-bond donors (Lipinski definition) is 2. The van der Waals surface area contributed by atoms with Crippen LogP contribution in [0.3, 0.4) is 0 Å². The molecule has 0 saturated heterocycles. The van der Waals surface area contributed by atoms with E-state index in [0.29, 0.717) is 6.54 Å². The van der Waals surface area contributed by atoms with Crippen LogP contribution in [0.1, 0.15) is 30.9 Å². The van der Waals surface area contributed by atoms with Crippen molar-refractivity contribution in [2.75, 3.05) is 0 Å². The van der Waals surface area contributed by atoms with Crippen LogP contribution in [0.2, 0.25) is 0 Å². The lowest BCUT2D eigenvalue weighted by atomic mass is 10.0. The summed E-state index contributed by atoms with van der Waals surface area (Å²) >= 11 is 0. The van der Waals surface area contributed by atoms with Gasteiger partial charge in [-0.1, -0.05) is 31.2 Å². The zero-order valence-corrected chi connectivity index (χ0v) is 8.74. The molecule has 0 aliphatic rings. The van der Waals surface area contributed by atoms with E-state index in [9.17, 15) is 5.11 Å². The maximum absolute atomic E-state index is 9.45. The van der Waals surface area contributed by atoms with E-state index in [-0.39, 0.29) is 6.10 Å². The highest BCUT2D eigenvalue weighted by Crippen LogP contribution is 2.12. The zero-order chi connectivity index (χ0) is 10.4. The Morgan fingerprint density at radius 2 is 1.93 bits per heavy atom. The van der Waals surface area contributed by atoms with Crippen molar-refractivity contribution in [3.63, 3.8) is 0 Å². The Kier molecular flexibility index (Phi) is 4.63. The van der Waals surface area contributed by atoms with Gasteiger partial charge in [0.2, 0.25) is 0 Å². The van der Waals surface area contributed by atoms with Gasteiger partial charge in [0, 0.05) is 6.54 Å². The number of aliphatic hydroxyl groups is 1. The second kappa shape index (κ2) is 5.78. The summed E-state index contributed by atoms with van der Waals surface area (Å²) in [6.45, 7) is 2.58. The van der Waals surface area contributed by atoms with Crippen LogP contribution in [-0.4, -0.2) is 11.2 Å². The average Bonchev–Trinajstić information content (AvgIpc) is 2.26. The van der Waals surface area contributed by atoms with Gasteiger partial charge in [-0.3, -0.25) is 0 Å². The van der Waals surface area contributed by atoms with E-state index >= 15 is 0 Å². The van der Waals surface area contributed by atoms with Crippen LogP contribution in [-0.2, 0) is 13.0 Å². The van der Waals surface area contributed by atoms with Gasteiger partial charge < -0.3 is 10.8 Å². The lowest BCUT2D eigenvalue weighted by molar-refractivity contribution is 0.160. The van der Waals surface area contributed by atoms with Gasteiger partial charge >= 0.3 is 0 Å². The van der Waals surface area contributed by atoms with Crippen LogP contribution < -0.4 is 5.73 Å². The number of aryl methyl sites for hydroxylation is 1. The van der Waals surface area contributed by atoms with Gasteiger partial charge in [-0.25, -0.2) is 0 Å². The summed E-state index contributed by atoms with van der Waals surface area (Å²) in [5, 5.41) is 9.45. The van der Waals surface area contributed by atoms with Crippen molar-refractivity contribution >= 4 is 0 Å². The number of rotatable bonds is 5. The maximum atomic E-state index is 9.45. The van der Waals surface area contributed by atoms with E-state index in [2.05, 4.69) is 6.07 Å². The smallest absolute Gasteiger partial charge is 0.0540 e. The van der Waals surface area contributed by atoms with Crippen LogP contribution >= 0.6 is 0 Å². The predicted octanol–water partition coefficient (Wildman–Crippen LogP) is 1.85. The third kappa shape index (κ3) is 3.13. The molecule has 1 aromatic carbocycles. The minimum atomic E-state index is -0.180. The molecule has 0 fully saturated rings. The summed E-state index contributed by atoms with van der Waals surface area (Å²) in [5.41, 5.74) is 8.08. The van der Waals surface area contributed by atoms with Crippen LogP contribution in [0.5, 0.6) is 0 Å². The maximum Gasteiger partial charge on any atom is 0.0540 e. The molecule has 78 valence electrons. The Bertz CT molecular complexity index is 273. The molecule has 0 aliphatic carbocycles. The van der Waals surface area contributed by atoms with Crippen LogP contribution in [0.15, 0.2) is 24.3 Å².